The molecule has 78 valence electrons. The van der Waals surface area contributed by atoms with E-state index in [0.29, 0.717) is 0 Å². The highest BCUT2D eigenvalue weighted by atomic mass is 35.5. The molecule has 0 bridgehead atoms. The molecular weight excluding hydrogens is 230 g/mol. The van der Waals surface area contributed by atoms with Crippen molar-refractivity contribution in [1.82, 2.24) is 10.3 Å². The lowest BCUT2D eigenvalue weighted by molar-refractivity contribution is 0.177. The molecule has 0 fully saturated rings. The third-order valence-corrected chi connectivity index (χ3v) is 2.24. The Bertz CT molecular complexity index is 335. The summed E-state index contributed by atoms with van der Waals surface area (Å²) in [5.41, 5.74) is 0.225. The summed E-state index contributed by atoms with van der Waals surface area (Å²) in [6, 6.07) is 1.08. The first kappa shape index (κ1) is 11.7. The summed E-state index contributed by atoms with van der Waals surface area (Å²) in [4.78, 5) is 3.54. The number of rotatable bonds is 3. The molecule has 1 unspecified atom stereocenters. The normalized spacial score (nSPS) is 12.9. The van der Waals surface area contributed by atoms with Crippen LogP contribution in [-0.2, 0) is 0 Å². The van der Waals surface area contributed by atoms with E-state index in [9.17, 15) is 9.50 Å². The van der Waals surface area contributed by atoms with Crippen molar-refractivity contribution in [3.8, 4) is 0 Å². The fraction of sp³-hybridized carbons (Fsp3) is 0.375. The Morgan fingerprint density at radius 3 is 2.79 bits per heavy atom. The summed E-state index contributed by atoms with van der Waals surface area (Å²) in [6.45, 7) is 0.266. The van der Waals surface area contributed by atoms with Gasteiger partial charge in [0.05, 0.1) is 6.10 Å². The minimum atomic E-state index is -0.897. The molecule has 1 heterocycles. The first-order valence-electron chi connectivity index (χ1n) is 3.90. The Morgan fingerprint density at radius 2 is 2.21 bits per heavy atom. The van der Waals surface area contributed by atoms with E-state index in [1.54, 1.807) is 7.05 Å². The number of aliphatic hydroxyl groups excluding tert-OH is 1. The second-order valence-corrected chi connectivity index (χ2v) is 3.43. The van der Waals surface area contributed by atoms with E-state index in [-0.39, 0.29) is 22.4 Å². The van der Waals surface area contributed by atoms with E-state index in [2.05, 4.69) is 10.3 Å². The molecule has 1 rings (SSSR count). The van der Waals surface area contributed by atoms with Gasteiger partial charge in [0.25, 0.3) is 0 Å². The molecule has 0 radical (unpaired) electrons. The summed E-state index contributed by atoms with van der Waals surface area (Å²) in [5.74, 6) is -0.693. The molecule has 0 saturated carbocycles. The SMILES string of the molecule is CNCC(O)c1cc(F)c(Cl)nc1Cl. The second kappa shape index (κ2) is 4.89. The molecule has 0 aromatic carbocycles. The maximum atomic E-state index is 13.0. The van der Waals surface area contributed by atoms with Crippen LogP contribution in [0.25, 0.3) is 0 Å². The lowest BCUT2D eigenvalue weighted by Crippen LogP contribution is -2.17. The second-order valence-electron chi connectivity index (χ2n) is 2.71. The number of aromatic nitrogens is 1. The van der Waals surface area contributed by atoms with Gasteiger partial charge >= 0.3 is 0 Å². The average molecular weight is 239 g/mol. The van der Waals surface area contributed by atoms with Crippen molar-refractivity contribution in [2.75, 3.05) is 13.6 Å². The molecule has 1 aromatic heterocycles. The third-order valence-electron chi connectivity index (χ3n) is 1.67. The zero-order valence-corrected chi connectivity index (χ0v) is 8.90. The number of halogens is 3. The minimum absolute atomic E-state index is 0.0131. The molecule has 0 amide bonds. The van der Waals surface area contributed by atoms with Gasteiger partial charge in [0, 0.05) is 12.1 Å². The highest BCUT2D eigenvalue weighted by Gasteiger charge is 2.15. The zero-order chi connectivity index (χ0) is 10.7. The van der Waals surface area contributed by atoms with Crippen LogP contribution in [0.15, 0.2) is 6.07 Å². The van der Waals surface area contributed by atoms with Crippen molar-refractivity contribution in [2.45, 2.75) is 6.10 Å². The maximum Gasteiger partial charge on any atom is 0.166 e. The third kappa shape index (κ3) is 2.54. The summed E-state index contributed by atoms with van der Waals surface area (Å²) in [6.07, 6.45) is -0.897. The van der Waals surface area contributed by atoms with E-state index < -0.39 is 11.9 Å². The van der Waals surface area contributed by atoms with Gasteiger partial charge < -0.3 is 10.4 Å². The van der Waals surface area contributed by atoms with Crippen LogP contribution in [0, 0.1) is 5.82 Å². The Kier molecular flexibility index (Phi) is 4.07. The van der Waals surface area contributed by atoms with Crippen LogP contribution in [-0.4, -0.2) is 23.7 Å². The zero-order valence-electron chi connectivity index (χ0n) is 7.39. The van der Waals surface area contributed by atoms with Crippen molar-refractivity contribution in [2.24, 2.45) is 0 Å². The number of nitrogens with one attached hydrogen (secondary N) is 1. The summed E-state index contributed by atoms with van der Waals surface area (Å²) in [7, 11) is 1.66. The van der Waals surface area contributed by atoms with Crippen LogP contribution in [0.1, 0.15) is 11.7 Å². The summed E-state index contributed by atoms with van der Waals surface area (Å²) in [5, 5.41) is 12.0. The summed E-state index contributed by atoms with van der Waals surface area (Å²) < 4.78 is 13.0. The van der Waals surface area contributed by atoms with Gasteiger partial charge in [-0.15, -0.1) is 0 Å². The van der Waals surface area contributed by atoms with Gasteiger partial charge in [-0.2, -0.15) is 0 Å². The summed E-state index contributed by atoms with van der Waals surface area (Å²) >= 11 is 11.1. The molecule has 1 aromatic rings. The molecule has 2 N–H and O–H groups in total. The van der Waals surface area contributed by atoms with Gasteiger partial charge in [0.15, 0.2) is 11.0 Å². The van der Waals surface area contributed by atoms with Crippen LogP contribution >= 0.6 is 23.2 Å². The predicted octanol–water partition coefficient (Wildman–Crippen LogP) is 1.78. The van der Waals surface area contributed by atoms with Crippen molar-refractivity contribution in [1.29, 1.82) is 0 Å². The van der Waals surface area contributed by atoms with Gasteiger partial charge in [-0.25, -0.2) is 9.37 Å². The first-order chi connectivity index (χ1) is 6.56. The number of hydrogen-bond donors (Lipinski definition) is 2. The molecule has 0 saturated heterocycles. The molecule has 1 atom stereocenters. The number of likely N-dealkylation sites (N-methyl/N-ethyl adjacent to an activating group) is 1. The van der Waals surface area contributed by atoms with E-state index in [4.69, 9.17) is 23.2 Å². The van der Waals surface area contributed by atoms with Gasteiger partial charge in [0.2, 0.25) is 0 Å². The Morgan fingerprint density at radius 1 is 1.57 bits per heavy atom. The van der Waals surface area contributed by atoms with E-state index >= 15 is 0 Å². The standard InChI is InChI=1S/C8H9Cl2FN2O/c1-12-3-6(14)4-2-5(11)8(10)13-7(4)9/h2,6,12,14H,3H2,1H3. The van der Waals surface area contributed by atoms with Gasteiger partial charge in [0.1, 0.15) is 5.15 Å². The van der Waals surface area contributed by atoms with Crippen LogP contribution in [0.3, 0.4) is 0 Å². The molecule has 14 heavy (non-hydrogen) atoms. The minimum Gasteiger partial charge on any atom is -0.387 e. The predicted molar refractivity (Wildman–Crippen MR) is 53.1 cm³/mol. The smallest absolute Gasteiger partial charge is 0.166 e. The van der Waals surface area contributed by atoms with Crippen molar-refractivity contribution < 1.29 is 9.50 Å². The Hall–Kier alpha value is -0.420. The molecular formula is C8H9Cl2FN2O. The average Bonchev–Trinajstić information content (AvgIpc) is 2.11. The molecule has 0 aliphatic rings. The number of aliphatic hydroxyl groups is 1. The van der Waals surface area contributed by atoms with Crippen LogP contribution < -0.4 is 5.32 Å². The monoisotopic (exact) mass is 238 g/mol. The topological polar surface area (TPSA) is 45.1 Å². The van der Waals surface area contributed by atoms with E-state index in [0.717, 1.165) is 6.07 Å². The quantitative estimate of drug-likeness (QED) is 0.790. The van der Waals surface area contributed by atoms with Crippen molar-refractivity contribution in [3.05, 3.63) is 27.8 Å². The van der Waals surface area contributed by atoms with E-state index in [1.807, 2.05) is 0 Å². The maximum absolute atomic E-state index is 13.0. The number of hydrogen-bond acceptors (Lipinski definition) is 3. The molecule has 0 spiro atoms. The largest absolute Gasteiger partial charge is 0.387 e. The Balaban J connectivity index is 3.02. The van der Waals surface area contributed by atoms with Crippen LogP contribution in [0.5, 0.6) is 0 Å². The Labute approximate surface area is 90.9 Å². The lowest BCUT2D eigenvalue weighted by Gasteiger charge is -2.11. The molecule has 3 nitrogen and oxygen atoms in total. The van der Waals surface area contributed by atoms with Crippen molar-refractivity contribution >= 4 is 23.2 Å². The highest BCUT2D eigenvalue weighted by molar-refractivity contribution is 6.32. The highest BCUT2D eigenvalue weighted by Crippen LogP contribution is 2.25. The number of pyridine rings is 1. The van der Waals surface area contributed by atoms with Gasteiger partial charge in [-0.1, -0.05) is 23.2 Å². The van der Waals surface area contributed by atoms with E-state index in [1.165, 1.54) is 0 Å². The number of nitrogens with zero attached hydrogens (tertiary/aromatic N) is 1. The molecule has 0 aliphatic carbocycles. The van der Waals surface area contributed by atoms with Gasteiger partial charge in [-0.05, 0) is 13.1 Å². The molecule has 0 aliphatic heterocycles. The van der Waals surface area contributed by atoms with Crippen LogP contribution in [0.4, 0.5) is 4.39 Å². The molecule has 6 heteroatoms. The van der Waals surface area contributed by atoms with Crippen LogP contribution in [0.2, 0.25) is 10.3 Å². The first-order valence-corrected chi connectivity index (χ1v) is 4.66. The van der Waals surface area contributed by atoms with Crippen molar-refractivity contribution in [3.63, 3.8) is 0 Å². The van der Waals surface area contributed by atoms with Gasteiger partial charge in [-0.3, -0.25) is 0 Å². The fourth-order valence-electron chi connectivity index (χ4n) is 0.997. The fourth-order valence-corrected chi connectivity index (χ4v) is 1.44. The lowest BCUT2D eigenvalue weighted by atomic mass is 10.1.